The zero-order valence-electron chi connectivity index (χ0n) is 20.2. The third-order valence-electron chi connectivity index (χ3n) is 5.92. The van der Waals surface area contributed by atoms with E-state index in [2.05, 4.69) is 9.88 Å². The minimum absolute atomic E-state index is 0. The summed E-state index contributed by atoms with van der Waals surface area (Å²) in [6, 6.07) is 9.53. The molecule has 0 N–H and O–H groups in total. The minimum atomic E-state index is -3.53. The van der Waals surface area contributed by atoms with Gasteiger partial charge in [-0.3, -0.25) is 14.6 Å². The minimum Gasteiger partial charge on any atom is -0.494 e. The van der Waals surface area contributed by atoms with Gasteiger partial charge >= 0.3 is 0 Å². The van der Waals surface area contributed by atoms with Gasteiger partial charge in [-0.15, -0.1) is 12.4 Å². The number of sulfone groups is 1. The number of aromatic nitrogens is 1. The summed E-state index contributed by atoms with van der Waals surface area (Å²) in [5.41, 5.74) is 0.597. The third-order valence-corrected chi connectivity index (χ3v) is 9.53. The fraction of sp³-hybridized carbons (Fsp3) is 0.417. The van der Waals surface area contributed by atoms with E-state index in [1.54, 1.807) is 36.3 Å². The van der Waals surface area contributed by atoms with Crippen LogP contribution in [0.4, 0.5) is 5.13 Å². The Morgan fingerprint density at radius 2 is 1.86 bits per heavy atom. The Labute approximate surface area is 236 Å². The van der Waals surface area contributed by atoms with Gasteiger partial charge in [0.2, 0.25) is 5.91 Å². The molecule has 0 unspecified atom stereocenters. The molecule has 1 saturated heterocycles. The molecule has 2 heterocycles. The van der Waals surface area contributed by atoms with Crippen molar-refractivity contribution in [3.8, 4) is 5.75 Å². The van der Waals surface area contributed by atoms with Crippen LogP contribution >= 0.6 is 46.9 Å². The molecular formula is C24H28Cl3N3O5S2. The summed E-state index contributed by atoms with van der Waals surface area (Å²) in [4.78, 5) is 22.1. The number of methoxy groups -OCH3 is 1. The van der Waals surface area contributed by atoms with Crippen molar-refractivity contribution < 1.29 is 22.7 Å². The molecule has 1 amide bonds. The van der Waals surface area contributed by atoms with E-state index in [0.717, 1.165) is 17.8 Å². The topological polar surface area (TPSA) is 89.0 Å². The molecule has 3 aromatic rings. The quantitative estimate of drug-likeness (QED) is 0.322. The van der Waals surface area contributed by atoms with Gasteiger partial charge in [0.25, 0.3) is 0 Å². The molecule has 4 rings (SSSR count). The van der Waals surface area contributed by atoms with Gasteiger partial charge in [0.05, 0.1) is 40.7 Å². The fourth-order valence-electron chi connectivity index (χ4n) is 3.92. The Bertz CT molecular complexity index is 1310. The molecule has 0 aliphatic carbocycles. The molecule has 8 nitrogen and oxygen atoms in total. The van der Waals surface area contributed by atoms with E-state index in [1.165, 1.54) is 23.5 Å². The number of anilines is 1. The number of nitrogens with zero attached hydrogens (tertiary/aromatic N) is 3. The maximum absolute atomic E-state index is 13.4. The number of carbonyl (C=O) groups excluding carboxylic acids is 1. The van der Waals surface area contributed by atoms with Gasteiger partial charge in [0, 0.05) is 37.6 Å². The first-order valence-corrected chi connectivity index (χ1v) is 14.7. The van der Waals surface area contributed by atoms with Gasteiger partial charge < -0.3 is 9.47 Å². The van der Waals surface area contributed by atoms with Crippen LogP contribution < -0.4 is 9.64 Å². The van der Waals surface area contributed by atoms with Crippen molar-refractivity contribution in [3.63, 3.8) is 0 Å². The lowest BCUT2D eigenvalue weighted by Gasteiger charge is -2.29. The molecule has 1 aliphatic heterocycles. The lowest BCUT2D eigenvalue weighted by molar-refractivity contribution is -0.118. The smallest absolute Gasteiger partial charge is 0.228 e. The van der Waals surface area contributed by atoms with Gasteiger partial charge in [0.15, 0.2) is 15.0 Å². The summed E-state index contributed by atoms with van der Waals surface area (Å²) in [5.74, 6) is 0.243. The van der Waals surface area contributed by atoms with Crippen LogP contribution in [-0.2, 0) is 19.4 Å². The Balaban J connectivity index is 0.00000380. The zero-order valence-corrected chi connectivity index (χ0v) is 24.2. The summed E-state index contributed by atoms with van der Waals surface area (Å²) in [6.07, 6.45) is 0.254. The molecule has 0 bridgehead atoms. The van der Waals surface area contributed by atoms with Gasteiger partial charge in [-0.1, -0.05) is 34.5 Å². The second kappa shape index (κ2) is 13.4. The predicted octanol–water partition coefficient (Wildman–Crippen LogP) is 4.95. The van der Waals surface area contributed by atoms with E-state index in [-0.39, 0.29) is 41.8 Å². The van der Waals surface area contributed by atoms with Crippen molar-refractivity contribution in [2.45, 2.75) is 17.7 Å². The molecule has 202 valence electrons. The van der Waals surface area contributed by atoms with Gasteiger partial charge in [-0.05, 0) is 42.8 Å². The maximum Gasteiger partial charge on any atom is 0.228 e. The van der Waals surface area contributed by atoms with E-state index >= 15 is 0 Å². The number of hydrogen-bond acceptors (Lipinski definition) is 8. The van der Waals surface area contributed by atoms with Gasteiger partial charge in [0.1, 0.15) is 11.3 Å². The molecule has 2 aromatic carbocycles. The van der Waals surface area contributed by atoms with Crippen LogP contribution in [0, 0.1) is 0 Å². The number of fused-ring (bicyclic) bond motifs is 1. The van der Waals surface area contributed by atoms with Crippen LogP contribution in [0.2, 0.25) is 10.0 Å². The van der Waals surface area contributed by atoms with Crippen LogP contribution in [0.3, 0.4) is 0 Å². The summed E-state index contributed by atoms with van der Waals surface area (Å²) >= 11 is 13.6. The summed E-state index contributed by atoms with van der Waals surface area (Å²) in [7, 11) is -1.97. The normalized spacial score (nSPS) is 14.4. The number of halogens is 3. The Morgan fingerprint density at radius 1 is 1.16 bits per heavy atom. The lowest BCUT2D eigenvalue weighted by atomic mass is 10.3. The monoisotopic (exact) mass is 607 g/mol. The van der Waals surface area contributed by atoms with Crippen molar-refractivity contribution in [1.82, 2.24) is 9.88 Å². The average molecular weight is 609 g/mol. The molecule has 1 aliphatic rings. The average Bonchev–Trinajstić information content (AvgIpc) is 3.31. The van der Waals surface area contributed by atoms with E-state index < -0.39 is 9.84 Å². The lowest BCUT2D eigenvalue weighted by Crippen LogP contribution is -2.43. The molecule has 0 saturated carbocycles. The van der Waals surface area contributed by atoms with Crippen molar-refractivity contribution >= 4 is 78.0 Å². The first-order valence-electron chi connectivity index (χ1n) is 11.5. The van der Waals surface area contributed by atoms with Crippen molar-refractivity contribution in [1.29, 1.82) is 0 Å². The highest BCUT2D eigenvalue weighted by Gasteiger charge is 2.24. The van der Waals surface area contributed by atoms with E-state index in [1.807, 2.05) is 0 Å². The first kappa shape index (κ1) is 29.9. The molecular weight excluding hydrogens is 581 g/mol. The number of amides is 1. The van der Waals surface area contributed by atoms with Crippen molar-refractivity contribution in [2.24, 2.45) is 0 Å². The fourth-order valence-corrected chi connectivity index (χ4v) is 6.66. The molecule has 0 atom stereocenters. The number of hydrogen-bond donors (Lipinski definition) is 0. The van der Waals surface area contributed by atoms with Crippen LogP contribution in [0.5, 0.6) is 5.75 Å². The summed E-state index contributed by atoms with van der Waals surface area (Å²) in [5, 5.41) is 1.51. The van der Waals surface area contributed by atoms with Crippen LogP contribution in [0.1, 0.15) is 12.8 Å². The Kier molecular flexibility index (Phi) is 10.8. The van der Waals surface area contributed by atoms with E-state index in [9.17, 15) is 13.2 Å². The van der Waals surface area contributed by atoms with E-state index in [4.69, 9.17) is 32.7 Å². The largest absolute Gasteiger partial charge is 0.494 e. The van der Waals surface area contributed by atoms with Crippen LogP contribution in [-0.4, -0.2) is 76.5 Å². The first-order chi connectivity index (χ1) is 17.3. The number of ether oxygens (including phenoxy) is 2. The predicted molar refractivity (Wildman–Crippen MR) is 151 cm³/mol. The highest BCUT2D eigenvalue weighted by atomic mass is 35.5. The highest BCUT2D eigenvalue weighted by Crippen LogP contribution is 2.39. The highest BCUT2D eigenvalue weighted by molar-refractivity contribution is 7.91. The number of thiazole rings is 1. The molecule has 1 fully saturated rings. The number of benzene rings is 2. The molecule has 0 spiro atoms. The van der Waals surface area contributed by atoms with Crippen LogP contribution in [0.25, 0.3) is 10.2 Å². The second-order valence-corrected chi connectivity index (χ2v) is 12.2. The third kappa shape index (κ3) is 7.47. The summed E-state index contributed by atoms with van der Waals surface area (Å²) in [6.45, 7) is 3.97. The van der Waals surface area contributed by atoms with Crippen LogP contribution in [0.15, 0.2) is 41.3 Å². The maximum atomic E-state index is 13.4. The van der Waals surface area contributed by atoms with Crippen molar-refractivity contribution in [2.75, 3.05) is 57.2 Å². The molecule has 0 radical (unpaired) electrons. The molecule has 13 heteroatoms. The van der Waals surface area contributed by atoms with Crippen molar-refractivity contribution in [3.05, 3.63) is 46.4 Å². The second-order valence-electron chi connectivity index (χ2n) is 8.30. The summed E-state index contributed by atoms with van der Waals surface area (Å²) < 4.78 is 37.0. The Morgan fingerprint density at radius 3 is 2.54 bits per heavy atom. The number of rotatable bonds is 10. The van der Waals surface area contributed by atoms with Gasteiger partial charge in [-0.2, -0.15) is 0 Å². The van der Waals surface area contributed by atoms with Gasteiger partial charge in [-0.25, -0.2) is 13.4 Å². The van der Waals surface area contributed by atoms with E-state index in [0.29, 0.717) is 52.7 Å². The number of carbonyl (C=O) groups is 1. The zero-order chi connectivity index (χ0) is 25.7. The molecule has 1 aromatic heterocycles. The SMILES string of the molecule is COc1ccc(Cl)c2sc(N(CCN3CCOCC3)C(=O)CCCS(=O)(=O)c3ccc(Cl)cc3)nc12.Cl. The Hall–Kier alpha value is -1.66. The molecule has 37 heavy (non-hydrogen) atoms. The number of morpholine rings is 1. The standard InChI is InChI=1S/C24H27Cl2N3O5S2.ClH/c1-33-20-9-8-19(26)23-22(20)27-24(35-23)29(11-10-28-12-14-34-15-13-28)21(30)3-2-16-36(31,32)18-6-4-17(25)5-7-18;/h4-9H,2-3,10-16H2,1H3;1H.